The SMILES string of the molecule is CC1=CC2C3Cc4ccccc4C3N(CCc3c(F)c(F)c(F)c(F)c3F)C2(C2CCCCCCC2)C=C1. The maximum absolute atomic E-state index is 14.8. The van der Waals surface area contributed by atoms with Gasteiger partial charge in [0.1, 0.15) is 0 Å². The lowest BCUT2D eigenvalue weighted by molar-refractivity contribution is 0.0543. The predicted octanol–water partition coefficient (Wildman–Crippen LogP) is 8.39. The number of allylic oxidation sites excluding steroid dienone is 2. The fraction of sp³-hybridized carbons (Fsp3) is 0.500. The zero-order valence-electron chi connectivity index (χ0n) is 21.8. The zero-order valence-corrected chi connectivity index (χ0v) is 21.8. The Labute approximate surface area is 221 Å². The third-order valence-electron chi connectivity index (χ3n) is 9.78. The van der Waals surface area contributed by atoms with Crippen LogP contribution in [0.3, 0.4) is 0 Å². The first kappa shape index (κ1) is 25.8. The Balaban J connectivity index is 1.46. The van der Waals surface area contributed by atoms with Crippen molar-refractivity contribution >= 4 is 0 Å². The smallest absolute Gasteiger partial charge is 0.200 e. The molecule has 6 rings (SSSR count). The lowest BCUT2D eigenvalue weighted by Gasteiger charge is -2.49. The van der Waals surface area contributed by atoms with Gasteiger partial charge < -0.3 is 0 Å². The van der Waals surface area contributed by atoms with E-state index in [9.17, 15) is 22.0 Å². The van der Waals surface area contributed by atoms with Crippen molar-refractivity contribution in [1.82, 2.24) is 4.90 Å². The molecule has 0 amide bonds. The first-order valence-corrected chi connectivity index (χ1v) is 14.1. The highest BCUT2D eigenvalue weighted by molar-refractivity contribution is 5.45. The van der Waals surface area contributed by atoms with Crippen LogP contribution in [0, 0.1) is 46.8 Å². The van der Waals surface area contributed by atoms with Gasteiger partial charge in [-0.1, -0.05) is 80.2 Å². The molecular formula is C32H34F5N. The fourth-order valence-corrected chi connectivity index (χ4v) is 8.17. The van der Waals surface area contributed by atoms with Crippen LogP contribution in [-0.2, 0) is 12.8 Å². The van der Waals surface area contributed by atoms with E-state index in [1.165, 1.54) is 36.0 Å². The van der Waals surface area contributed by atoms with Crippen LogP contribution in [0.4, 0.5) is 22.0 Å². The highest BCUT2D eigenvalue weighted by Gasteiger charge is 2.61. The molecule has 1 aliphatic heterocycles. The normalized spacial score (nSPS) is 29.4. The van der Waals surface area contributed by atoms with Crippen molar-refractivity contribution in [2.24, 2.45) is 17.8 Å². The van der Waals surface area contributed by atoms with Gasteiger partial charge in [-0.05, 0) is 55.6 Å². The third kappa shape index (κ3) is 3.89. The van der Waals surface area contributed by atoms with Crippen LogP contribution < -0.4 is 0 Å². The lowest BCUT2D eigenvalue weighted by Crippen LogP contribution is -2.54. The maximum Gasteiger partial charge on any atom is 0.200 e. The predicted molar refractivity (Wildman–Crippen MR) is 138 cm³/mol. The molecule has 0 aromatic heterocycles. The second-order valence-electron chi connectivity index (χ2n) is 11.7. The van der Waals surface area contributed by atoms with Crippen LogP contribution in [0.5, 0.6) is 0 Å². The van der Waals surface area contributed by atoms with E-state index in [0.29, 0.717) is 11.8 Å². The van der Waals surface area contributed by atoms with Crippen molar-refractivity contribution in [3.63, 3.8) is 0 Å². The molecule has 2 aromatic rings. The van der Waals surface area contributed by atoms with Gasteiger partial charge in [0, 0.05) is 29.6 Å². The van der Waals surface area contributed by atoms with Gasteiger partial charge >= 0.3 is 0 Å². The summed E-state index contributed by atoms with van der Waals surface area (Å²) in [6, 6.07) is 8.42. The topological polar surface area (TPSA) is 3.24 Å². The minimum absolute atomic E-state index is 0.0368. The number of benzene rings is 2. The lowest BCUT2D eigenvalue weighted by atomic mass is 9.65. The standard InChI is InChI=1S/C32H34F5N/c1-19-13-15-32(21-10-5-3-2-4-6-11-21)25(17-19)24-18-20-9-7-8-12-22(20)31(24)38(32)16-14-23-26(33)28(35)30(37)29(36)27(23)34/h7-9,12-13,15,17,21,24-25,31H,2-6,10-11,14,16,18H2,1H3. The molecular weight excluding hydrogens is 493 g/mol. The van der Waals surface area contributed by atoms with Crippen LogP contribution >= 0.6 is 0 Å². The molecule has 4 unspecified atom stereocenters. The average molecular weight is 528 g/mol. The summed E-state index contributed by atoms with van der Waals surface area (Å²) < 4.78 is 71.4. The van der Waals surface area contributed by atoms with Gasteiger partial charge in [0.15, 0.2) is 23.3 Å². The summed E-state index contributed by atoms with van der Waals surface area (Å²) in [4.78, 5) is 2.40. The van der Waals surface area contributed by atoms with Gasteiger partial charge in [0.25, 0.3) is 0 Å². The Hall–Kier alpha value is -2.47. The van der Waals surface area contributed by atoms with Crippen LogP contribution in [0.25, 0.3) is 0 Å². The Kier molecular flexibility index (Phi) is 6.74. The molecule has 202 valence electrons. The summed E-state index contributed by atoms with van der Waals surface area (Å²) in [6.07, 6.45) is 15.7. The molecule has 38 heavy (non-hydrogen) atoms. The molecule has 3 aliphatic carbocycles. The van der Waals surface area contributed by atoms with E-state index in [2.05, 4.69) is 42.2 Å². The van der Waals surface area contributed by atoms with Crippen molar-refractivity contribution in [3.05, 3.63) is 93.8 Å². The first-order chi connectivity index (χ1) is 18.3. The summed E-state index contributed by atoms with van der Waals surface area (Å²) in [5, 5.41) is 0. The second kappa shape index (κ2) is 9.93. The van der Waals surface area contributed by atoms with E-state index < -0.39 is 34.6 Å². The molecule has 4 atom stereocenters. The molecule has 2 aromatic carbocycles. The molecule has 1 nitrogen and oxygen atoms in total. The second-order valence-corrected chi connectivity index (χ2v) is 11.7. The van der Waals surface area contributed by atoms with Crippen LogP contribution in [0.2, 0.25) is 0 Å². The number of hydrogen-bond acceptors (Lipinski definition) is 1. The number of rotatable bonds is 4. The Bertz CT molecular complexity index is 1260. The summed E-state index contributed by atoms with van der Waals surface area (Å²) in [6.45, 7) is 2.34. The quantitative estimate of drug-likeness (QED) is 0.219. The van der Waals surface area contributed by atoms with Crippen molar-refractivity contribution < 1.29 is 22.0 Å². The van der Waals surface area contributed by atoms with Crippen LogP contribution in [0.1, 0.15) is 74.6 Å². The van der Waals surface area contributed by atoms with Crippen LogP contribution in [0.15, 0.2) is 48.1 Å². The van der Waals surface area contributed by atoms with Gasteiger partial charge in [-0.2, -0.15) is 0 Å². The van der Waals surface area contributed by atoms with E-state index in [4.69, 9.17) is 0 Å². The number of nitrogens with zero attached hydrogens (tertiary/aromatic N) is 1. The fourth-order valence-electron chi connectivity index (χ4n) is 8.17. The molecule has 0 N–H and O–H groups in total. The number of fused-ring (bicyclic) bond motifs is 5. The van der Waals surface area contributed by atoms with Crippen molar-refractivity contribution in [2.75, 3.05) is 6.54 Å². The van der Waals surface area contributed by atoms with Crippen molar-refractivity contribution in [1.29, 1.82) is 0 Å². The molecule has 0 spiro atoms. The van der Waals surface area contributed by atoms with Gasteiger partial charge in [-0.3, -0.25) is 4.90 Å². The minimum Gasteiger partial charge on any atom is -0.286 e. The van der Waals surface area contributed by atoms with Gasteiger partial charge in [-0.15, -0.1) is 0 Å². The first-order valence-electron chi connectivity index (χ1n) is 14.1. The minimum atomic E-state index is -2.10. The highest BCUT2D eigenvalue weighted by atomic mass is 19.2. The highest BCUT2D eigenvalue weighted by Crippen LogP contribution is 2.62. The average Bonchev–Trinajstić information content (AvgIpc) is 3.39. The summed E-state index contributed by atoms with van der Waals surface area (Å²) in [5.41, 5.74) is 2.67. The van der Waals surface area contributed by atoms with Crippen LogP contribution in [-0.4, -0.2) is 17.0 Å². The van der Waals surface area contributed by atoms with Crippen molar-refractivity contribution in [3.8, 4) is 0 Å². The molecule has 1 heterocycles. The van der Waals surface area contributed by atoms with Crippen molar-refractivity contribution in [2.45, 2.75) is 76.3 Å². The number of halogens is 5. The molecule has 0 radical (unpaired) electrons. The summed E-state index contributed by atoms with van der Waals surface area (Å²) in [5.74, 6) is -8.37. The van der Waals surface area contributed by atoms with Gasteiger partial charge in [0.2, 0.25) is 5.82 Å². The molecule has 1 saturated carbocycles. The molecule has 6 heteroatoms. The van der Waals surface area contributed by atoms with E-state index in [0.717, 1.165) is 32.1 Å². The molecule has 4 aliphatic rings. The molecule has 2 fully saturated rings. The Morgan fingerprint density at radius 3 is 2.18 bits per heavy atom. The summed E-state index contributed by atoms with van der Waals surface area (Å²) in [7, 11) is 0. The van der Waals surface area contributed by atoms with E-state index in [1.807, 2.05) is 12.1 Å². The summed E-state index contributed by atoms with van der Waals surface area (Å²) >= 11 is 0. The largest absolute Gasteiger partial charge is 0.286 e. The Morgan fingerprint density at radius 2 is 1.47 bits per heavy atom. The Morgan fingerprint density at radius 1 is 0.842 bits per heavy atom. The number of hydrogen-bond donors (Lipinski definition) is 0. The molecule has 0 bridgehead atoms. The van der Waals surface area contributed by atoms with E-state index in [-0.39, 0.29) is 30.5 Å². The monoisotopic (exact) mass is 527 g/mol. The third-order valence-corrected chi connectivity index (χ3v) is 9.78. The van der Waals surface area contributed by atoms with E-state index in [1.54, 1.807) is 0 Å². The molecule has 1 saturated heterocycles. The van der Waals surface area contributed by atoms with Gasteiger partial charge in [-0.25, -0.2) is 22.0 Å². The zero-order chi connectivity index (χ0) is 26.6. The maximum atomic E-state index is 14.8. The van der Waals surface area contributed by atoms with E-state index >= 15 is 0 Å². The van der Waals surface area contributed by atoms with Gasteiger partial charge in [0.05, 0.1) is 0 Å². The number of likely N-dealkylation sites (tertiary alicyclic amines) is 1.